The van der Waals surface area contributed by atoms with Crippen molar-refractivity contribution >= 4 is 18.0 Å². The van der Waals surface area contributed by atoms with Crippen molar-refractivity contribution < 1.29 is 9.59 Å². The first-order valence-electron chi connectivity index (χ1n) is 5.91. The zero-order valence-corrected chi connectivity index (χ0v) is 10.8. The maximum absolute atomic E-state index is 11.0. The van der Waals surface area contributed by atoms with E-state index in [1.807, 2.05) is 25.1 Å². The number of nitrogens with one attached hydrogen (secondary N) is 1. The maximum Gasteiger partial charge on any atom is 0.222 e. The first-order chi connectivity index (χ1) is 9.10. The Morgan fingerprint density at radius 2 is 2.05 bits per heavy atom. The highest BCUT2D eigenvalue weighted by Crippen LogP contribution is 2.23. The molecule has 0 atom stereocenters. The highest BCUT2D eigenvalue weighted by Gasteiger charge is 2.07. The van der Waals surface area contributed by atoms with Gasteiger partial charge in [-0.05, 0) is 24.6 Å². The van der Waals surface area contributed by atoms with Crippen molar-refractivity contribution in [3.05, 3.63) is 47.5 Å². The predicted molar refractivity (Wildman–Crippen MR) is 74.1 cm³/mol. The van der Waals surface area contributed by atoms with Crippen molar-refractivity contribution in [1.82, 2.24) is 4.98 Å². The lowest BCUT2D eigenvalue weighted by Crippen LogP contribution is -2.08. The molecular weight excluding hydrogens is 240 g/mol. The van der Waals surface area contributed by atoms with E-state index in [2.05, 4.69) is 10.3 Å². The van der Waals surface area contributed by atoms with E-state index < -0.39 is 0 Å². The Labute approximate surface area is 111 Å². The fourth-order valence-corrected chi connectivity index (χ4v) is 1.83. The van der Waals surface area contributed by atoms with Gasteiger partial charge < -0.3 is 5.32 Å². The molecule has 0 aliphatic heterocycles. The molecule has 0 aliphatic rings. The molecule has 1 amide bonds. The lowest BCUT2D eigenvalue weighted by molar-refractivity contribution is -0.114. The van der Waals surface area contributed by atoms with Crippen LogP contribution in [0.15, 0.2) is 36.4 Å². The van der Waals surface area contributed by atoms with Crippen LogP contribution in [0.3, 0.4) is 0 Å². The van der Waals surface area contributed by atoms with E-state index in [-0.39, 0.29) is 5.91 Å². The average Bonchev–Trinajstić information content (AvgIpc) is 2.40. The predicted octanol–water partition coefficient (Wildman–Crippen LogP) is 2.83. The van der Waals surface area contributed by atoms with Crippen molar-refractivity contribution in [3.63, 3.8) is 0 Å². The number of rotatable bonds is 3. The molecule has 4 nitrogen and oxygen atoms in total. The third-order valence-electron chi connectivity index (χ3n) is 2.70. The number of aldehydes is 1. The molecule has 2 aromatic rings. The van der Waals surface area contributed by atoms with E-state index in [0.29, 0.717) is 11.4 Å². The largest absolute Gasteiger partial charge is 0.311 e. The van der Waals surface area contributed by atoms with E-state index in [4.69, 9.17) is 0 Å². The summed E-state index contributed by atoms with van der Waals surface area (Å²) in [5, 5.41) is 2.65. The van der Waals surface area contributed by atoms with Gasteiger partial charge in [-0.3, -0.25) is 9.59 Å². The van der Waals surface area contributed by atoms with Crippen molar-refractivity contribution in [2.45, 2.75) is 13.8 Å². The van der Waals surface area contributed by atoms with Gasteiger partial charge in [0.1, 0.15) is 12.1 Å². The first kappa shape index (κ1) is 13.0. The number of nitrogens with zero attached hydrogens (tertiary/aromatic N) is 1. The Hall–Kier alpha value is -2.49. The van der Waals surface area contributed by atoms with Gasteiger partial charge in [0.25, 0.3) is 0 Å². The molecule has 0 aliphatic carbocycles. The molecule has 96 valence electrons. The Bertz CT molecular complexity index is 636. The van der Waals surface area contributed by atoms with Crippen LogP contribution in [0.25, 0.3) is 11.3 Å². The fourth-order valence-electron chi connectivity index (χ4n) is 1.83. The van der Waals surface area contributed by atoms with Gasteiger partial charge in [0.15, 0.2) is 0 Å². The van der Waals surface area contributed by atoms with Crippen molar-refractivity contribution in [2.24, 2.45) is 0 Å². The Morgan fingerprint density at radius 3 is 2.74 bits per heavy atom. The van der Waals surface area contributed by atoms with Crippen LogP contribution in [-0.4, -0.2) is 17.2 Å². The van der Waals surface area contributed by atoms with E-state index in [9.17, 15) is 9.59 Å². The van der Waals surface area contributed by atoms with E-state index >= 15 is 0 Å². The second-order valence-electron chi connectivity index (χ2n) is 4.29. The third kappa shape index (κ3) is 3.04. The molecular formula is C15H14N2O2. The second-order valence-corrected chi connectivity index (χ2v) is 4.29. The standard InChI is InChI=1S/C15H14N2O2/c1-10-6-7-14(16-11(2)19)17-15(10)13-5-3-4-12(8-13)9-18/h3-9H,1-2H3,(H,16,17,19). The number of amides is 1. The summed E-state index contributed by atoms with van der Waals surface area (Å²) in [4.78, 5) is 26.3. The Kier molecular flexibility index (Phi) is 3.71. The summed E-state index contributed by atoms with van der Waals surface area (Å²) in [5.74, 6) is 0.341. The lowest BCUT2D eigenvalue weighted by atomic mass is 10.0. The van der Waals surface area contributed by atoms with Gasteiger partial charge in [0.05, 0.1) is 5.69 Å². The summed E-state index contributed by atoms with van der Waals surface area (Å²) in [7, 11) is 0. The zero-order chi connectivity index (χ0) is 13.8. The smallest absolute Gasteiger partial charge is 0.222 e. The molecule has 0 spiro atoms. The molecule has 0 fully saturated rings. The molecule has 2 rings (SSSR count). The number of aryl methyl sites for hydroxylation is 1. The van der Waals surface area contributed by atoms with E-state index in [1.54, 1.807) is 18.2 Å². The number of aromatic nitrogens is 1. The number of hydrogen-bond acceptors (Lipinski definition) is 3. The summed E-state index contributed by atoms with van der Waals surface area (Å²) in [6, 6.07) is 10.9. The normalized spacial score (nSPS) is 10.0. The second kappa shape index (κ2) is 5.44. The van der Waals surface area contributed by atoms with Crippen LogP contribution in [0, 0.1) is 6.92 Å². The highest BCUT2D eigenvalue weighted by molar-refractivity contribution is 5.88. The minimum Gasteiger partial charge on any atom is -0.311 e. The van der Waals surface area contributed by atoms with Crippen LogP contribution in [-0.2, 0) is 4.79 Å². The van der Waals surface area contributed by atoms with Crippen LogP contribution in [0.2, 0.25) is 0 Å². The maximum atomic E-state index is 11.0. The van der Waals surface area contributed by atoms with Crippen LogP contribution < -0.4 is 5.32 Å². The Morgan fingerprint density at radius 1 is 1.26 bits per heavy atom. The minimum atomic E-state index is -0.163. The van der Waals surface area contributed by atoms with Crippen LogP contribution in [0.4, 0.5) is 5.82 Å². The van der Waals surface area contributed by atoms with Crippen LogP contribution in [0.5, 0.6) is 0 Å². The van der Waals surface area contributed by atoms with Crippen LogP contribution >= 0.6 is 0 Å². The molecule has 0 radical (unpaired) electrons. The summed E-state index contributed by atoms with van der Waals surface area (Å²) >= 11 is 0. The summed E-state index contributed by atoms with van der Waals surface area (Å²) in [6.07, 6.45) is 0.802. The minimum absolute atomic E-state index is 0.163. The third-order valence-corrected chi connectivity index (χ3v) is 2.70. The Balaban J connectivity index is 2.47. The molecule has 4 heteroatoms. The molecule has 1 aromatic carbocycles. The van der Waals surface area contributed by atoms with Crippen LogP contribution in [0.1, 0.15) is 22.8 Å². The number of hydrogen-bond donors (Lipinski definition) is 1. The van der Waals surface area contributed by atoms with Crippen molar-refractivity contribution in [3.8, 4) is 11.3 Å². The summed E-state index contributed by atoms with van der Waals surface area (Å²) in [6.45, 7) is 3.38. The number of pyridine rings is 1. The van der Waals surface area contributed by atoms with Gasteiger partial charge in [-0.25, -0.2) is 4.98 Å². The van der Waals surface area contributed by atoms with Gasteiger partial charge in [-0.2, -0.15) is 0 Å². The topological polar surface area (TPSA) is 59.1 Å². The monoisotopic (exact) mass is 254 g/mol. The van der Waals surface area contributed by atoms with Crippen molar-refractivity contribution in [2.75, 3.05) is 5.32 Å². The molecule has 1 heterocycles. The summed E-state index contributed by atoms with van der Waals surface area (Å²) < 4.78 is 0. The average molecular weight is 254 g/mol. The van der Waals surface area contributed by atoms with Gasteiger partial charge >= 0.3 is 0 Å². The van der Waals surface area contributed by atoms with Gasteiger partial charge in [0.2, 0.25) is 5.91 Å². The molecule has 19 heavy (non-hydrogen) atoms. The van der Waals surface area contributed by atoms with E-state index in [1.165, 1.54) is 6.92 Å². The van der Waals surface area contributed by atoms with Gasteiger partial charge in [-0.1, -0.05) is 24.3 Å². The lowest BCUT2D eigenvalue weighted by Gasteiger charge is -2.08. The van der Waals surface area contributed by atoms with E-state index in [0.717, 1.165) is 23.1 Å². The molecule has 0 saturated carbocycles. The fraction of sp³-hybridized carbons (Fsp3) is 0.133. The number of benzene rings is 1. The summed E-state index contributed by atoms with van der Waals surface area (Å²) in [5.41, 5.74) is 3.20. The number of anilines is 1. The molecule has 0 unspecified atom stereocenters. The van der Waals surface area contributed by atoms with Crippen molar-refractivity contribution in [1.29, 1.82) is 0 Å². The van der Waals surface area contributed by atoms with Gasteiger partial charge in [-0.15, -0.1) is 0 Å². The SMILES string of the molecule is CC(=O)Nc1ccc(C)c(-c2cccc(C=O)c2)n1. The first-order valence-corrected chi connectivity index (χ1v) is 5.91. The quantitative estimate of drug-likeness (QED) is 0.857. The molecule has 1 aromatic heterocycles. The van der Waals surface area contributed by atoms with Gasteiger partial charge in [0, 0.05) is 18.1 Å². The zero-order valence-electron chi connectivity index (χ0n) is 10.8. The molecule has 0 saturated heterocycles. The molecule has 1 N–H and O–H groups in total. The number of carbonyl (C=O) groups excluding carboxylic acids is 2. The molecule has 0 bridgehead atoms. The number of carbonyl (C=O) groups is 2. The highest BCUT2D eigenvalue weighted by atomic mass is 16.1.